The second kappa shape index (κ2) is 5.48. The molecule has 1 aromatic carbocycles. The van der Waals surface area contributed by atoms with Crippen LogP contribution in [-0.4, -0.2) is 5.91 Å². The van der Waals surface area contributed by atoms with E-state index in [1.54, 1.807) is 11.3 Å². The van der Waals surface area contributed by atoms with Gasteiger partial charge in [-0.25, -0.2) is 0 Å². The van der Waals surface area contributed by atoms with E-state index in [0.717, 1.165) is 17.7 Å². The van der Waals surface area contributed by atoms with Gasteiger partial charge in [-0.1, -0.05) is 38.1 Å². The zero-order chi connectivity index (χ0) is 16.0. The number of carbonyl (C=O) groups excluding carboxylic acids is 1. The van der Waals surface area contributed by atoms with Crippen LogP contribution in [0.1, 0.15) is 77.9 Å². The number of benzene rings is 1. The van der Waals surface area contributed by atoms with Crippen molar-refractivity contribution in [2.24, 2.45) is 0 Å². The van der Waals surface area contributed by atoms with E-state index in [-0.39, 0.29) is 17.4 Å². The van der Waals surface area contributed by atoms with E-state index in [0.29, 0.717) is 5.92 Å². The van der Waals surface area contributed by atoms with Crippen LogP contribution < -0.4 is 5.32 Å². The molecule has 4 rings (SSSR count). The molecule has 2 aliphatic carbocycles. The molecule has 0 spiro atoms. The van der Waals surface area contributed by atoms with Gasteiger partial charge in [-0.3, -0.25) is 4.79 Å². The molecule has 0 saturated heterocycles. The summed E-state index contributed by atoms with van der Waals surface area (Å²) in [5, 5.41) is 5.37. The Morgan fingerprint density at radius 1 is 1.13 bits per heavy atom. The first-order valence-corrected chi connectivity index (χ1v) is 9.42. The summed E-state index contributed by atoms with van der Waals surface area (Å²) in [7, 11) is 0. The Balaban J connectivity index is 1.59. The lowest BCUT2D eigenvalue weighted by Crippen LogP contribution is -2.35. The van der Waals surface area contributed by atoms with E-state index in [4.69, 9.17) is 0 Å². The van der Waals surface area contributed by atoms with Crippen LogP contribution in [0, 0.1) is 0 Å². The molecule has 2 nitrogen and oxygen atoms in total. The van der Waals surface area contributed by atoms with Gasteiger partial charge in [0.15, 0.2) is 0 Å². The monoisotopic (exact) mass is 325 g/mol. The van der Waals surface area contributed by atoms with Crippen LogP contribution in [0.15, 0.2) is 35.7 Å². The van der Waals surface area contributed by atoms with E-state index in [9.17, 15) is 4.79 Å². The van der Waals surface area contributed by atoms with Gasteiger partial charge in [0, 0.05) is 0 Å². The minimum Gasteiger partial charge on any atom is -0.345 e. The molecule has 1 saturated carbocycles. The van der Waals surface area contributed by atoms with E-state index in [1.807, 2.05) is 0 Å². The summed E-state index contributed by atoms with van der Waals surface area (Å²) >= 11 is 1.58. The third kappa shape index (κ3) is 2.72. The first-order chi connectivity index (χ1) is 11.1. The molecule has 1 fully saturated rings. The fourth-order valence-electron chi connectivity index (χ4n) is 3.81. The van der Waals surface area contributed by atoms with Crippen LogP contribution in [-0.2, 0) is 5.41 Å². The smallest absolute Gasteiger partial charge is 0.262 e. The van der Waals surface area contributed by atoms with Crippen molar-refractivity contribution >= 4 is 17.2 Å². The SMILES string of the molecule is CC1(C)CCC(NC(=O)c2sccc2C2CC2)c2ccccc21. The van der Waals surface area contributed by atoms with Gasteiger partial charge in [0.1, 0.15) is 0 Å². The Bertz CT molecular complexity index is 742. The van der Waals surface area contributed by atoms with Crippen molar-refractivity contribution in [2.75, 3.05) is 0 Å². The van der Waals surface area contributed by atoms with Gasteiger partial charge in [-0.2, -0.15) is 0 Å². The first-order valence-electron chi connectivity index (χ1n) is 8.54. The molecule has 3 heteroatoms. The molecular formula is C20H23NOS. The third-order valence-electron chi connectivity index (χ3n) is 5.35. The highest BCUT2D eigenvalue weighted by molar-refractivity contribution is 7.12. The fraction of sp³-hybridized carbons (Fsp3) is 0.450. The minimum atomic E-state index is 0.112. The van der Waals surface area contributed by atoms with Gasteiger partial charge >= 0.3 is 0 Å². The number of hydrogen-bond donors (Lipinski definition) is 1. The predicted molar refractivity (Wildman–Crippen MR) is 95.2 cm³/mol. The maximum Gasteiger partial charge on any atom is 0.262 e. The molecule has 0 bridgehead atoms. The zero-order valence-corrected chi connectivity index (χ0v) is 14.6. The normalized spacial score (nSPS) is 22.4. The van der Waals surface area contributed by atoms with Crippen LogP contribution in [0.4, 0.5) is 0 Å². The minimum absolute atomic E-state index is 0.112. The standard InChI is InChI=1S/C20H23NOS/c1-20(2)11-9-17(15-5-3-4-6-16(15)20)21-19(22)18-14(10-12-23-18)13-7-8-13/h3-6,10,12-13,17H,7-9,11H2,1-2H3,(H,21,22). The largest absolute Gasteiger partial charge is 0.345 e. The number of hydrogen-bond acceptors (Lipinski definition) is 2. The fourth-order valence-corrected chi connectivity index (χ4v) is 4.69. The Morgan fingerprint density at radius 3 is 2.70 bits per heavy atom. The summed E-state index contributed by atoms with van der Waals surface area (Å²) in [6.45, 7) is 4.60. The summed E-state index contributed by atoms with van der Waals surface area (Å²) in [5.74, 6) is 0.737. The molecule has 1 atom stereocenters. The molecular weight excluding hydrogens is 302 g/mol. The lowest BCUT2D eigenvalue weighted by Gasteiger charge is -2.37. The van der Waals surface area contributed by atoms with Gasteiger partial charge < -0.3 is 5.32 Å². The van der Waals surface area contributed by atoms with E-state index in [1.165, 1.54) is 29.5 Å². The van der Waals surface area contributed by atoms with Crippen LogP contribution in [0.3, 0.4) is 0 Å². The van der Waals surface area contributed by atoms with Crippen molar-refractivity contribution < 1.29 is 4.79 Å². The Morgan fingerprint density at radius 2 is 1.91 bits per heavy atom. The molecule has 1 heterocycles. The summed E-state index contributed by atoms with van der Waals surface area (Å²) in [6, 6.07) is 10.9. The lowest BCUT2D eigenvalue weighted by atomic mass is 9.71. The molecule has 1 aromatic heterocycles. The quantitative estimate of drug-likeness (QED) is 0.829. The van der Waals surface area contributed by atoms with E-state index < -0.39 is 0 Å². The second-order valence-electron chi connectivity index (χ2n) is 7.52. The lowest BCUT2D eigenvalue weighted by molar-refractivity contribution is 0.0932. The van der Waals surface area contributed by atoms with Crippen LogP contribution in [0.25, 0.3) is 0 Å². The van der Waals surface area contributed by atoms with Gasteiger partial charge in [0.2, 0.25) is 0 Å². The summed E-state index contributed by atoms with van der Waals surface area (Å²) in [5.41, 5.74) is 4.13. The van der Waals surface area contributed by atoms with Crippen molar-refractivity contribution in [2.45, 2.75) is 56.9 Å². The second-order valence-corrected chi connectivity index (χ2v) is 8.43. The topological polar surface area (TPSA) is 29.1 Å². The summed E-state index contributed by atoms with van der Waals surface area (Å²) in [6.07, 6.45) is 4.59. The molecule has 0 radical (unpaired) electrons. The highest BCUT2D eigenvalue weighted by Crippen LogP contribution is 2.44. The maximum absolute atomic E-state index is 12.8. The number of fused-ring (bicyclic) bond motifs is 1. The number of amides is 1. The molecule has 120 valence electrons. The number of rotatable bonds is 3. The number of nitrogens with one attached hydrogen (secondary N) is 1. The van der Waals surface area contributed by atoms with Crippen LogP contribution in [0.5, 0.6) is 0 Å². The number of thiophene rings is 1. The summed E-state index contributed by atoms with van der Waals surface area (Å²) < 4.78 is 0. The molecule has 2 aliphatic rings. The van der Waals surface area contributed by atoms with E-state index >= 15 is 0 Å². The molecule has 23 heavy (non-hydrogen) atoms. The van der Waals surface area contributed by atoms with Crippen LogP contribution >= 0.6 is 11.3 Å². The van der Waals surface area contributed by atoms with Crippen molar-refractivity contribution in [1.82, 2.24) is 5.32 Å². The Kier molecular flexibility index (Phi) is 3.56. The van der Waals surface area contributed by atoms with Crippen molar-refractivity contribution in [1.29, 1.82) is 0 Å². The molecule has 2 aromatic rings. The Hall–Kier alpha value is -1.61. The van der Waals surface area contributed by atoms with Crippen LogP contribution in [0.2, 0.25) is 0 Å². The average Bonchev–Trinajstić information content (AvgIpc) is 3.27. The molecule has 1 amide bonds. The molecule has 1 N–H and O–H groups in total. The summed E-state index contributed by atoms with van der Waals surface area (Å²) in [4.78, 5) is 13.7. The average molecular weight is 325 g/mol. The van der Waals surface area contributed by atoms with Gasteiger partial charge in [-0.05, 0) is 65.2 Å². The van der Waals surface area contributed by atoms with Gasteiger partial charge in [-0.15, -0.1) is 11.3 Å². The zero-order valence-electron chi connectivity index (χ0n) is 13.8. The number of carbonyl (C=O) groups is 1. The molecule has 0 aliphatic heterocycles. The van der Waals surface area contributed by atoms with Crippen molar-refractivity contribution in [3.63, 3.8) is 0 Å². The third-order valence-corrected chi connectivity index (χ3v) is 6.28. The van der Waals surface area contributed by atoms with E-state index in [2.05, 4.69) is 54.9 Å². The maximum atomic E-state index is 12.8. The van der Waals surface area contributed by atoms with Crippen molar-refractivity contribution in [3.8, 4) is 0 Å². The van der Waals surface area contributed by atoms with Crippen molar-refractivity contribution in [3.05, 3.63) is 57.3 Å². The Labute approximate surface area is 141 Å². The highest BCUT2D eigenvalue weighted by atomic mass is 32.1. The predicted octanol–water partition coefficient (Wildman–Crippen LogP) is 5.17. The highest BCUT2D eigenvalue weighted by Gasteiger charge is 2.34. The molecule has 1 unspecified atom stereocenters. The first kappa shape index (κ1) is 14.9. The van der Waals surface area contributed by atoms with Gasteiger partial charge in [0.25, 0.3) is 5.91 Å². The van der Waals surface area contributed by atoms with Gasteiger partial charge in [0.05, 0.1) is 10.9 Å².